The molecule has 0 saturated heterocycles. The monoisotopic (exact) mass is 322 g/mol. The Bertz CT molecular complexity index is 671. The van der Waals surface area contributed by atoms with Crippen molar-refractivity contribution in [2.45, 2.75) is 25.2 Å². The molecule has 2 aromatic rings. The first kappa shape index (κ1) is 17.0. The van der Waals surface area contributed by atoms with Gasteiger partial charge in [-0.15, -0.1) is 0 Å². The average molecular weight is 322 g/mol. The van der Waals surface area contributed by atoms with Gasteiger partial charge >= 0.3 is 6.18 Å². The zero-order valence-corrected chi connectivity index (χ0v) is 12.5. The van der Waals surface area contributed by atoms with Gasteiger partial charge in [-0.2, -0.15) is 13.2 Å². The van der Waals surface area contributed by atoms with Crippen molar-refractivity contribution in [2.24, 2.45) is 5.73 Å². The van der Waals surface area contributed by atoms with E-state index in [9.17, 15) is 18.0 Å². The van der Waals surface area contributed by atoms with Crippen LogP contribution in [-0.4, -0.2) is 5.91 Å². The molecule has 0 spiro atoms. The van der Waals surface area contributed by atoms with E-state index in [-0.39, 0.29) is 5.56 Å². The minimum Gasteiger partial charge on any atom is -0.368 e. The van der Waals surface area contributed by atoms with Gasteiger partial charge in [0.25, 0.3) is 0 Å². The minimum atomic E-state index is -4.46. The van der Waals surface area contributed by atoms with Crippen molar-refractivity contribution in [2.75, 3.05) is 0 Å². The Morgan fingerprint density at radius 3 is 2.17 bits per heavy atom. The molecule has 122 valence electrons. The Morgan fingerprint density at radius 2 is 1.61 bits per heavy atom. The number of benzene rings is 2. The second-order valence-corrected chi connectivity index (χ2v) is 5.22. The van der Waals surface area contributed by atoms with E-state index in [0.717, 1.165) is 6.07 Å². The number of hydrogen-bond acceptors (Lipinski definition) is 2. The lowest BCUT2D eigenvalue weighted by Crippen LogP contribution is -2.35. The van der Waals surface area contributed by atoms with E-state index in [4.69, 9.17) is 5.73 Å². The van der Waals surface area contributed by atoms with Crippen molar-refractivity contribution in [1.29, 1.82) is 0 Å². The van der Waals surface area contributed by atoms with E-state index in [1.807, 2.05) is 0 Å². The lowest BCUT2D eigenvalue weighted by Gasteiger charge is -2.24. The minimum absolute atomic E-state index is 0.0715. The Balaban J connectivity index is 2.31. The maximum Gasteiger partial charge on any atom is 0.416 e. The molecule has 0 aliphatic rings. The first-order valence-electron chi connectivity index (χ1n) is 7.07. The normalized spacial score (nSPS) is 14.3. The van der Waals surface area contributed by atoms with Crippen LogP contribution in [0.15, 0.2) is 54.6 Å². The number of nitrogens with two attached hydrogens (primary N) is 1. The van der Waals surface area contributed by atoms with Gasteiger partial charge in [-0.05, 0) is 24.1 Å². The fraction of sp³-hybridized carbons (Fsp3) is 0.235. The molecule has 0 aliphatic carbocycles. The lowest BCUT2D eigenvalue weighted by molar-refractivity contribution is -0.138. The Hall–Kier alpha value is -2.34. The third-order valence-electron chi connectivity index (χ3n) is 3.57. The molecule has 0 unspecified atom stereocenters. The highest BCUT2D eigenvalue weighted by atomic mass is 19.4. The molecule has 0 saturated carbocycles. The van der Waals surface area contributed by atoms with Gasteiger partial charge in [0.05, 0.1) is 5.56 Å². The molecule has 0 radical (unpaired) electrons. The highest BCUT2D eigenvalue weighted by molar-refractivity contribution is 5.81. The molecule has 0 heterocycles. The summed E-state index contributed by atoms with van der Waals surface area (Å²) in [5.74, 6) is -0.646. The number of carbonyl (C=O) groups excluding carboxylic acids is 1. The van der Waals surface area contributed by atoms with Crippen molar-refractivity contribution < 1.29 is 18.0 Å². The Kier molecular flexibility index (Phi) is 5.05. The van der Waals surface area contributed by atoms with Crippen molar-refractivity contribution in [3.8, 4) is 0 Å². The number of primary amides is 1. The fourth-order valence-electron chi connectivity index (χ4n) is 2.46. The SMILES string of the molecule is C[C@@H](N[C@H](C(N)=O)c1ccccc1)c1ccccc1C(F)(F)F. The predicted octanol–water partition coefficient (Wildman–Crippen LogP) is 3.58. The smallest absolute Gasteiger partial charge is 0.368 e. The number of alkyl halides is 3. The summed E-state index contributed by atoms with van der Waals surface area (Å²) in [6.07, 6.45) is -4.46. The van der Waals surface area contributed by atoms with E-state index < -0.39 is 29.7 Å². The quantitative estimate of drug-likeness (QED) is 0.884. The molecule has 1 amide bonds. The van der Waals surface area contributed by atoms with Gasteiger partial charge in [-0.25, -0.2) is 0 Å². The molecule has 0 aromatic heterocycles. The molecule has 2 atom stereocenters. The summed E-state index contributed by atoms with van der Waals surface area (Å²) in [4.78, 5) is 11.7. The Labute approximate surface area is 132 Å². The van der Waals surface area contributed by atoms with Gasteiger partial charge in [0.1, 0.15) is 6.04 Å². The van der Waals surface area contributed by atoms with E-state index >= 15 is 0 Å². The largest absolute Gasteiger partial charge is 0.416 e. The Morgan fingerprint density at radius 1 is 1.04 bits per heavy atom. The molecule has 23 heavy (non-hydrogen) atoms. The van der Waals surface area contributed by atoms with Crippen LogP contribution in [0.5, 0.6) is 0 Å². The average Bonchev–Trinajstić information content (AvgIpc) is 2.52. The number of hydrogen-bond donors (Lipinski definition) is 2. The first-order valence-corrected chi connectivity index (χ1v) is 7.07. The van der Waals surface area contributed by atoms with Crippen LogP contribution >= 0.6 is 0 Å². The van der Waals surface area contributed by atoms with Crippen LogP contribution < -0.4 is 11.1 Å². The second kappa shape index (κ2) is 6.83. The van der Waals surface area contributed by atoms with Crippen LogP contribution in [0.1, 0.15) is 35.7 Å². The van der Waals surface area contributed by atoms with Crippen LogP contribution in [0.3, 0.4) is 0 Å². The molecule has 0 aliphatic heterocycles. The summed E-state index contributed by atoms with van der Waals surface area (Å²) in [6, 6.07) is 12.4. The molecule has 2 aromatic carbocycles. The van der Waals surface area contributed by atoms with E-state index in [1.165, 1.54) is 18.2 Å². The summed E-state index contributed by atoms with van der Waals surface area (Å²) in [5, 5.41) is 2.89. The van der Waals surface area contributed by atoms with Crippen molar-refractivity contribution in [3.63, 3.8) is 0 Å². The van der Waals surface area contributed by atoms with E-state index in [0.29, 0.717) is 5.56 Å². The molecular formula is C17H17F3N2O. The molecule has 3 N–H and O–H groups in total. The zero-order valence-electron chi connectivity index (χ0n) is 12.5. The fourth-order valence-corrected chi connectivity index (χ4v) is 2.46. The first-order chi connectivity index (χ1) is 10.8. The number of nitrogens with one attached hydrogen (secondary N) is 1. The standard InChI is InChI=1S/C17H17F3N2O/c1-11(13-9-5-6-10-14(13)17(18,19)20)22-15(16(21)23)12-7-3-2-4-8-12/h2-11,15,22H,1H3,(H2,21,23)/t11-,15+/m1/s1. The maximum atomic E-state index is 13.1. The van der Waals surface area contributed by atoms with Crippen LogP contribution in [0.2, 0.25) is 0 Å². The van der Waals surface area contributed by atoms with E-state index in [1.54, 1.807) is 37.3 Å². The molecule has 6 heteroatoms. The van der Waals surface area contributed by atoms with Gasteiger partial charge in [0, 0.05) is 6.04 Å². The number of halogens is 3. The van der Waals surface area contributed by atoms with Gasteiger partial charge in [0.2, 0.25) is 5.91 Å². The summed E-state index contributed by atoms with van der Waals surface area (Å²) in [6.45, 7) is 1.57. The molecule has 2 rings (SSSR count). The summed E-state index contributed by atoms with van der Waals surface area (Å²) in [7, 11) is 0. The summed E-state index contributed by atoms with van der Waals surface area (Å²) >= 11 is 0. The third-order valence-corrected chi connectivity index (χ3v) is 3.57. The summed E-state index contributed by atoms with van der Waals surface area (Å²) in [5.41, 5.74) is 5.35. The number of carbonyl (C=O) groups is 1. The molecule has 3 nitrogen and oxygen atoms in total. The van der Waals surface area contributed by atoms with Crippen molar-refractivity contribution >= 4 is 5.91 Å². The highest BCUT2D eigenvalue weighted by Gasteiger charge is 2.34. The number of rotatable bonds is 5. The van der Waals surface area contributed by atoms with Crippen molar-refractivity contribution in [3.05, 3.63) is 71.3 Å². The van der Waals surface area contributed by atoms with Crippen LogP contribution in [0.4, 0.5) is 13.2 Å². The molecule has 0 bridgehead atoms. The van der Waals surface area contributed by atoms with Crippen LogP contribution in [0, 0.1) is 0 Å². The van der Waals surface area contributed by atoms with Gasteiger partial charge < -0.3 is 5.73 Å². The zero-order chi connectivity index (χ0) is 17.0. The lowest BCUT2D eigenvalue weighted by atomic mass is 9.98. The molecule has 0 fully saturated rings. The van der Waals surface area contributed by atoms with Crippen LogP contribution in [0.25, 0.3) is 0 Å². The third kappa shape index (κ3) is 4.10. The maximum absolute atomic E-state index is 13.1. The van der Waals surface area contributed by atoms with E-state index in [2.05, 4.69) is 5.32 Å². The number of amides is 1. The summed E-state index contributed by atoms with van der Waals surface area (Å²) < 4.78 is 39.3. The highest BCUT2D eigenvalue weighted by Crippen LogP contribution is 2.35. The van der Waals surface area contributed by atoms with Gasteiger partial charge in [0.15, 0.2) is 0 Å². The van der Waals surface area contributed by atoms with Crippen molar-refractivity contribution in [1.82, 2.24) is 5.32 Å². The van der Waals surface area contributed by atoms with Gasteiger partial charge in [-0.1, -0.05) is 48.5 Å². The second-order valence-electron chi connectivity index (χ2n) is 5.22. The topological polar surface area (TPSA) is 55.1 Å². The van der Waals surface area contributed by atoms with Gasteiger partial charge in [-0.3, -0.25) is 10.1 Å². The van der Waals surface area contributed by atoms with Crippen LogP contribution in [-0.2, 0) is 11.0 Å². The predicted molar refractivity (Wildman–Crippen MR) is 81.4 cm³/mol. The molecular weight excluding hydrogens is 305 g/mol.